The van der Waals surface area contributed by atoms with Crippen molar-refractivity contribution in [2.75, 3.05) is 23.0 Å². The van der Waals surface area contributed by atoms with Crippen LogP contribution in [0.2, 0.25) is 0 Å². The molecule has 6 heteroatoms. The van der Waals surface area contributed by atoms with Crippen molar-refractivity contribution < 1.29 is 9.90 Å². The average Bonchev–Trinajstić information content (AvgIpc) is 2.66. The van der Waals surface area contributed by atoms with Gasteiger partial charge in [0.2, 0.25) is 0 Å². The summed E-state index contributed by atoms with van der Waals surface area (Å²) in [7, 11) is 0. The smallest absolute Gasteiger partial charge is 0.256 e. The van der Waals surface area contributed by atoms with Gasteiger partial charge in [0.05, 0.1) is 12.3 Å². The number of nitrogens with one attached hydrogen (secondary N) is 1. The Labute approximate surface area is 115 Å². The van der Waals surface area contributed by atoms with E-state index < -0.39 is 0 Å². The van der Waals surface area contributed by atoms with Gasteiger partial charge in [0.25, 0.3) is 5.91 Å². The van der Waals surface area contributed by atoms with E-state index in [9.17, 15) is 4.79 Å². The molecular formula is C12H14N2O2S2. The van der Waals surface area contributed by atoms with Gasteiger partial charge in [-0.2, -0.15) is 11.8 Å². The lowest BCUT2D eigenvalue weighted by atomic mass is 10.3. The van der Waals surface area contributed by atoms with Crippen molar-refractivity contribution in [1.29, 1.82) is 0 Å². The first-order valence-electron chi connectivity index (χ1n) is 5.62. The van der Waals surface area contributed by atoms with Gasteiger partial charge >= 0.3 is 0 Å². The number of rotatable bonds is 5. The van der Waals surface area contributed by atoms with E-state index in [1.807, 2.05) is 30.3 Å². The van der Waals surface area contributed by atoms with Crippen LogP contribution in [0, 0.1) is 0 Å². The molecule has 1 aliphatic heterocycles. The SMILES string of the molecule is O=C1C(CSCCO)NC(=S)N1c1ccccc1. The molecule has 4 nitrogen and oxygen atoms in total. The van der Waals surface area contributed by atoms with E-state index in [1.165, 1.54) is 16.7 Å². The molecule has 1 aliphatic rings. The number of amides is 1. The van der Waals surface area contributed by atoms with Crippen molar-refractivity contribution in [2.24, 2.45) is 0 Å². The van der Waals surface area contributed by atoms with E-state index in [1.54, 1.807) is 0 Å². The van der Waals surface area contributed by atoms with Crippen LogP contribution in [0.25, 0.3) is 0 Å². The summed E-state index contributed by atoms with van der Waals surface area (Å²) in [6.45, 7) is 0.123. The molecule has 0 radical (unpaired) electrons. The number of hydrogen-bond acceptors (Lipinski definition) is 4. The van der Waals surface area contributed by atoms with Crippen molar-refractivity contribution >= 4 is 40.7 Å². The van der Waals surface area contributed by atoms with Gasteiger partial charge in [-0.1, -0.05) is 18.2 Å². The second-order valence-electron chi connectivity index (χ2n) is 3.81. The Hall–Kier alpha value is -1.11. The summed E-state index contributed by atoms with van der Waals surface area (Å²) in [5.41, 5.74) is 0.787. The minimum absolute atomic E-state index is 0.0309. The highest BCUT2D eigenvalue weighted by Gasteiger charge is 2.35. The molecule has 0 aliphatic carbocycles. The molecule has 0 saturated carbocycles. The summed E-state index contributed by atoms with van der Waals surface area (Å²) in [4.78, 5) is 13.7. The number of carbonyl (C=O) groups is 1. The van der Waals surface area contributed by atoms with Gasteiger partial charge in [0, 0.05) is 11.5 Å². The van der Waals surface area contributed by atoms with Gasteiger partial charge in [-0.05, 0) is 24.4 Å². The molecule has 1 heterocycles. The number of aliphatic hydroxyl groups excluding tert-OH is 1. The monoisotopic (exact) mass is 282 g/mol. The fourth-order valence-electron chi connectivity index (χ4n) is 1.73. The second-order valence-corrected chi connectivity index (χ2v) is 5.35. The van der Waals surface area contributed by atoms with Crippen molar-refractivity contribution in [2.45, 2.75) is 6.04 Å². The Morgan fingerprint density at radius 2 is 2.11 bits per heavy atom. The van der Waals surface area contributed by atoms with Gasteiger partial charge in [-0.3, -0.25) is 9.69 Å². The molecule has 1 saturated heterocycles. The highest BCUT2D eigenvalue weighted by molar-refractivity contribution is 7.99. The van der Waals surface area contributed by atoms with Crippen molar-refractivity contribution in [1.82, 2.24) is 5.32 Å². The maximum atomic E-state index is 12.2. The number of anilines is 1. The maximum absolute atomic E-state index is 12.2. The van der Waals surface area contributed by atoms with E-state index in [2.05, 4.69) is 5.32 Å². The minimum Gasteiger partial charge on any atom is -0.396 e. The third kappa shape index (κ3) is 2.82. The zero-order valence-electron chi connectivity index (χ0n) is 9.70. The van der Waals surface area contributed by atoms with Crippen LogP contribution in [-0.2, 0) is 4.79 Å². The molecule has 0 aromatic heterocycles. The lowest BCUT2D eigenvalue weighted by Gasteiger charge is -2.14. The predicted octanol–water partition coefficient (Wildman–Crippen LogP) is 1.00. The second kappa shape index (κ2) is 6.17. The van der Waals surface area contributed by atoms with Crippen LogP contribution in [0.15, 0.2) is 30.3 Å². The summed E-state index contributed by atoms with van der Waals surface area (Å²) >= 11 is 6.72. The number of para-hydroxylation sites is 1. The van der Waals surface area contributed by atoms with Gasteiger partial charge in [-0.15, -0.1) is 0 Å². The zero-order chi connectivity index (χ0) is 13.0. The molecule has 2 rings (SSSR count). The number of thioether (sulfide) groups is 1. The molecule has 1 aromatic carbocycles. The van der Waals surface area contributed by atoms with Crippen LogP contribution >= 0.6 is 24.0 Å². The summed E-state index contributed by atoms with van der Waals surface area (Å²) in [6.07, 6.45) is 0. The molecule has 1 fully saturated rings. The number of carbonyl (C=O) groups excluding carboxylic acids is 1. The molecular weight excluding hydrogens is 268 g/mol. The largest absolute Gasteiger partial charge is 0.396 e. The van der Waals surface area contributed by atoms with Crippen LogP contribution in [0.5, 0.6) is 0 Å². The fourth-order valence-corrected chi connectivity index (χ4v) is 2.83. The van der Waals surface area contributed by atoms with Gasteiger partial charge < -0.3 is 10.4 Å². The number of thiocarbonyl (C=S) groups is 1. The lowest BCUT2D eigenvalue weighted by Crippen LogP contribution is -2.32. The molecule has 18 heavy (non-hydrogen) atoms. The molecule has 1 amide bonds. The van der Waals surface area contributed by atoms with Crippen LogP contribution in [0.3, 0.4) is 0 Å². The maximum Gasteiger partial charge on any atom is 0.256 e. The Morgan fingerprint density at radius 1 is 1.39 bits per heavy atom. The number of nitrogens with zero attached hydrogens (tertiary/aromatic N) is 1. The van der Waals surface area contributed by atoms with Crippen molar-refractivity contribution in [3.63, 3.8) is 0 Å². The molecule has 1 atom stereocenters. The Bertz CT molecular complexity index is 439. The lowest BCUT2D eigenvalue weighted by molar-refractivity contribution is -0.117. The van der Waals surface area contributed by atoms with E-state index in [0.29, 0.717) is 16.6 Å². The van der Waals surface area contributed by atoms with Gasteiger partial charge in [-0.25, -0.2) is 0 Å². The zero-order valence-corrected chi connectivity index (χ0v) is 11.3. The standard InChI is InChI=1S/C12H14N2O2S2/c15-6-7-18-8-10-11(16)14(12(17)13-10)9-4-2-1-3-5-9/h1-5,10,15H,6-8H2,(H,13,17). The minimum atomic E-state index is -0.297. The van der Waals surface area contributed by atoms with Crippen molar-refractivity contribution in [3.8, 4) is 0 Å². The summed E-state index contributed by atoms with van der Waals surface area (Å²) in [5, 5.41) is 12.2. The number of benzene rings is 1. The first-order valence-corrected chi connectivity index (χ1v) is 7.18. The van der Waals surface area contributed by atoms with E-state index >= 15 is 0 Å². The first kappa shape index (κ1) is 13.3. The van der Waals surface area contributed by atoms with Gasteiger partial charge in [0.1, 0.15) is 6.04 Å². The molecule has 0 bridgehead atoms. The number of aliphatic hydroxyl groups is 1. The Balaban J connectivity index is 2.06. The fraction of sp³-hybridized carbons (Fsp3) is 0.333. The molecule has 2 N–H and O–H groups in total. The van der Waals surface area contributed by atoms with Crippen LogP contribution < -0.4 is 10.2 Å². The summed E-state index contributed by atoms with van der Waals surface area (Å²) in [6, 6.07) is 9.06. The van der Waals surface area contributed by atoms with Gasteiger partial charge in [0.15, 0.2) is 5.11 Å². The Kier molecular flexibility index (Phi) is 4.57. The normalized spacial score (nSPS) is 19.2. The summed E-state index contributed by atoms with van der Waals surface area (Å²) in [5.74, 6) is 1.21. The van der Waals surface area contributed by atoms with E-state index in [4.69, 9.17) is 17.3 Å². The average molecular weight is 282 g/mol. The Morgan fingerprint density at radius 3 is 2.78 bits per heavy atom. The van der Waals surface area contributed by atoms with Crippen LogP contribution in [-0.4, -0.2) is 40.3 Å². The highest BCUT2D eigenvalue weighted by Crippen LogP contribution is 2.20. The molecule has 1 aromatic rings. The van der Waals surface area contributed by atoms with Crippen LogP contribution in [0.4, 0.5) is 5.69 Å². The summed E-state index contributed by atoms with van der Waals surface area (Å²) < 4.78 is 0. The van der Waals surface area contributed by atoms with Crippen molar-refractivity contribution in [3.05, 3.63) is 30.3 Å². The molecule has 96 valence electrons. The number of hydrogen-bond donors (Lipinski definition) is 2. The topological polar surface area (TPSA) is 52.6 Å². The third-order valence-electron chi connectivity index (χ3n) is 2.55. The van der Waals surface area contributed by atoms with E-state index in [0.717, 1.165) is 5.69 Å². The molecule has 0 spiro atoms. The van der Waals surface area contributed by atoms with E-state index in [-0.39, 0.29) is 18.6 Å². The highest BCUT2D eigenvalue weighted by atomic mass is 32.2. The predicted molar refractivity (Wildman–Crippen MR) is 77.9 cm³/mol. The third-order valence-corrected chi connectivity index (χ3v) is 3.89. The first-order chi connectivity index (χ1) is 8.74. The molecule has 1 unspecified atom stereocenters. The van der Waals surface area contributed by atoms with Crippen LogP contribution in [0.1, 0.15) is 0 Å². The quantitative estimate of drug-likeness (QED) is 0.623.